The maximum absolute atomic E-state index is 14.5. The number of aromatic nitrogens is 5. The molecule has 0 saturated carbocycles. The van der Waals surface area contributed by atoms with E-state index in [1.165, 1.54) is 23.0 Å². The monoisotopic (exact) mass is 513 g/mol. The maximum atomic E-state index is 14.5. The van der Waals surface area contributed by atoms with Crippen molar-refractivity contribution >= 4 is 22.5 Å². The highest BCUT2D eigenvalue weighted by Gasteiger charge is 2.18. The fourth-order valence-electron chi connectivity index (χ4n) is 3.80. The predicted molar refractivity (Wildman–Crippen MR) is 136 cm³/mol. The Morgan fingerprint density at radius 2 is 1.71 bits per heavy atom. The average molecular weight is 513 g/mol. The van der Waals surface area contributed by atoms with Crippen LogP contribution in [0.2, 0.25) is 0 Å². The Morgan fingerprint density at radius 1 is 0.921 bits per heavy atom. The number of anilines is 2. The fourth-order valence-corrected chi connectivity index (χ4v) is 3.80. The molecule has 0 spiro atoms. The molecule has 38 heavy (non-hydrogen) atoms. The number of nitrogens with two attached hydrogens (primary N) is 1. The SMILES string of the molecule is Nc1ncnc(NCCc2nc3c(F)ccc(F)c3c(=O)n2-c2ccccc2)c1C#Cc1ccc(F)cn1. The van der Waals surface area contributed by atoms with Crippen molar-refractivity contribution in [3.05, 3.63) is 112 Å². The summed E-state index contributed by atoms with van der Waals surface area (Å²) in [4.78, 5) is 29.7. The molecule has 8 nitrogen and oxygen atoms in total. The molecule has 3 aromatic heterocycles. The second-order valence-corrected chi connectivity index (χ2v) is 8.03. The summed E-state index contributed by atoms with van der Waals surface area (Å²) >= 11 is 0. The Balaban J connectivity index is 1.48. The molecule has 0 radical (unpaired) electrons. The van der Waals surface area contributed by atoms with Gasteiger partial charge >= 0.3 is 0 Å². The number of benzene rings is 2. The predicted octanol–water partition coefficient (Wildman–Crippen LogP) is 3.62. The van der Waals surface area contributed by atoms with Crippen molar-refractivity contribution in [2.75, 3.05) is 17.6 Å². The summed E-state index contributed by atoms with van der Waals surface area (Å²) < 4.78 is 43.4. The first-order valence-electron chi connectivity index (χ1n) is 11.4. The third-order valence-corrected chi connectivity index (χ3v) is 5.57. The van der Waals surface area contributed by atoms with E-state index in [1.54, 1.807) is 30.3 Å². The first-order valence-corrected chi connectivity index (χ1v) is 11.4. The molecule has 0 aliphatic heterocycles. The standard InChI is InChI=1S/C27H18F3N7O/c28-16-6-7-17(33-14-16)8-9-19-25(31)34-15-35-26(19)32-13-12-22-36-24-21(30)11-10-20(29)23(24)27(38)37(22)18-4-2-1-3-5-18/h1-7,10-11,14-15H,12-13H2,(H3,31,32,34,35). The van der Waals surface area contributed by atoms with Gasteiger partial charge in [-0.1, -0.05) is 24.1 Å². The minimum atomic E-state index is -0.858. The van der Waals surface area contributed by atoms with Gasteiger partial charge in [0.05, 0.1) is 11.9 Å². The molecule has 0 bridgehead atoms. The van der Waals surface area contributed by atoms with Crippen LogP contribution in [0.15, 0.2) is 71.9 Å². The van der Waals surface area contributed by atoms with E-state index in [-0.39, 0.29) is 30.1 Å². The molecule has 11 heteroatoms. The zero-order valence-electron chi connectivity index (χ0n) is 19.6. The number of nitrogens with zero attached hydrogens (tertiary/aromatic N) is 5. The van der Waals surface area contributed by atoms with Crippen molar-refractivity contribution in [3.63, 3.8) is 0 Å². The summed E-state index contributed by atoms with van der Waals surface area (Å²) in [7, 11) is 0. The average Bonchev–Trinajstić information content (AvgIpc) is 2.92. The Kier molecular flexibility index (Phi) is 6.69. The van der Waals surface area contributed by atoms with Gasteiger partial charge in [0.2, 0.25) is 0 Å². The van der Waals surface area contributed by atoms with Crippen LogP contribution in [0.5, 0.6) is 0 Å². The first-order chi connectivity index (χ1) is 18.4. The van der Waals surface area contributed by atoms with E-state index >= 15 is 0 Å². The number of para-hydroxylation sites is 1. The van der Waals surface area contributed by atoms with E-state index in [9.17, 15) is 18.0 Å². The normalized spacial score (nSPS) is 10.7. The maximum Gasteiger partial charge on any atom is 0.269 e. The molecular weight excluding hydrogens is 495 g/mol. The number of halogens is 3. The summed E-state index contributed by atoms with van der Waals surface area (Å²) in [5, 5.41) is 2.65. The molecule has 0 aliphatic rings. The molecule has 0 amide bonds. The summed E-state index contributed by atoms with van der Waals surface area (Å²) in [6.07, 6.45) is 2.43. The first kappa shape index (κ1) is 24.5. The van der Waals surface area contributed by atoms with E-state index in [2.05, 4.69) is 37.1 Å². The fraction of sp³-hybridized carbons (Fsp3) is 0.0741. The highest BCUT2D eigenvalue weighted by molar-refractivity contribution is 5.79. The van der Waals surface area contributed by atoms with E-state index in [0.29, 0.717) is 22.8 Å². The van der Waals surface area contributed by atoms with Crippen LogP contribution >= 0.6 is 0 Å². The quantitative estimate of drug-likeness (QED) is 0.345. The minimum absolute atomic E-state index is 0.111. The molecule has 0 fully saturated rings. The van der Waals surface area contributed by atoms with Gasteiger partial charge in [-0.2, -0.15) is 0 Å². The number of nitrogen functional groups attached to an aromatic ring is 1. The molecule has 3 heterocycles. The van der Waals surface area contributed by atoms with Crippen molar-refractivity contribution in [1.82, 2.24) is 24.5 Å². The molecule has 0 aliphatic carbocycles. The van der Waals surface area contributed by atoms with Crippen LogP contribution in [0.1, 0.15) is 17.1 Å². The van der Waals surface area contributed by atoms with Gasteiger partial charge in [-0.05, 0) is 42.3 Å². The van der Waals surface area contributed by atoms with E-state index in [0.717, 1.165) is 18.3 Å². The smallest absolute Gasteiger partial charge is 0.269 e. The lowest BCUT2D eigenvalue weighted by Gasteiger charge is -2.15. The van der Waals surface area contributed by atoms with Gasteiger partial charge < -0.3 is 11.1 Å². The van der Waals surface area contributed by atoms with Gasteiger partial charge in [0.15, 0.2) is 0 Å². The summed E-state index contributed by atoms with van der Waals surface area (Å²) in [5.41, 5.74) is 5.99. The molecule has 5 aromatic rings. The van der Waals surface area contributed by atoms with E-state index < -0.39 is 28.4 Å². The van der Waals surface area contributed by atoms with Crippen molar-refractivity contribution in [2.45, 2.75) is 6.42 Å². The number of nitrogens with one attached hydrogen (secondary N) is 1. The van der Waals surface area contributed by atoms with Crippen molar-refractivity contribution in [3.8, 4) is 17.5 Å². The Morgan fingerprint density at radius 3 is 2.47 bits per heavy atom. The van der Waals surface area contributed by atoms with Crippen LogP contribution in [0.4, 0.5) is 24.8 Å². The van der Waals surface area contributed by atoms with Crippen molar-refractivity contribution in [2.24, 2.45) is 0 Å². The Bertz CT molecular complexity index is 1760. The summed E-state index contributed by atoms with van der Waals surface area (Å²) in [6, 6.07) is 13.1. The zero-order valence-corrected chi connectivity index (χ0v) is 19.6. The second kappa shape index (κ2) is 10.4. The van der Waals surface area contributed by atoms with Crippen LogP contribution in [0, 0.1) is 29.3 Å². The largest absolute Gasteiger partial charge is 0.382 e. The van der Waals surface area contributed by atoms with Crippen LogP contribution in [0.25, 0.3) is 16.6 Å². The lowest BCUT2D eigenvalue weighted by molar-refractivity contribution is 0.611. The highest BCUT2D eigenvalue weighted by atomic mass is 19.1. The van der Waals surface area contributed by atoms with E-state index in [4.69, 9.17) is 5.73 Å². The molecule has 0 saturated heterocycles. The van der Waals surface area contributed by atoms with Gasteiger partial charge in [-0.25, -0.2) is 33.1 Å². The second-order valence-electron chi connectivity index (χ2n) is 8.03. The third kappa shape index (κ3) is 4.87. The summed E-state index contributed by atoms with van der Waals surface area (Å²) in [5.74, 6) is 4.10. The molecule has 0 unspecified atom stereocenters. The molecule has 5 rings (SSSR count). The van der Waals surface area contributed by atoms with Crippen molar-refractivity contribution in [1.29, 1.82) is 0 Å². The molecule has 188 valence electrons. The van der Waals surface area contributed by atoms with Crippen LogP contribution < -0.4 is 16.6 Å². The topological polar surface area (TPSA) is 112 Å². The lowest BCUT2D eigenvalue weighted by Crippen LogP contribution is -2.26. The van der Waals surface area contributed by atoms with Crippen LogP contribution in [-0.4, -0.2) is 31.0 Å². The van der Waals surface area contributed by atoms with Gasteiger partial charge in [-0.3, -0.25) is 9.36 Å². The highest BCUT2D eigenvalue weighted by Crippen LogP contribution is 2.20. The van der Waals surface area contributed by atoms with Crippen LogP contribution in [-0.2, 0) is 6.42 Å². The summed E-state index contributed by atoms with van der Waals surface area (Å²) in [6.45, 7) is 0.182. The van der Waals surface area contributed by atoms with Gasteiger partial charge in [0.25, 0.3) is 5.56 Å². The molecule has 2 aromatic carbocycles. The van der Waals surface area contributed by atoms with Gasteiger partial charge in [0.1, 0.15) is 63.4 Å². The third-order valence-electron chi connectivity index (χ3n) is 5.57. The number of fused-ring (bicyclic) bond motifs is 1. The number of pyridine rings is 1. The molecule has 3 N–H and O–H groups in total. The van der Waals surface area contributed by atoms with Gasteiger partial charge in [0, 0.05) is 13.0 Å². The minimum Gasteiger partial charge on any atom is -0.382 e. The van der Waals surface area contributed by atoms with Crippen LogP contribution in [0.3, 0.4) is 0 Å². The number of hydrogen-bond acceptors (Lipinski definition) is 7. The van der Waals surface area contributed by atoms with Crippen molar-refractivity contribution < 1.29 is 13.2 Å². The van der Waals surface area contributed by atoms with Gasteiger partial charge in [-0.15, -0.1) is 0 Å². The number of rotatable bonds is 5. The Hall–Kier alpha value is -5.24. The molecular formula is C27H18F3N7O. The number of hydrogen-bond donors (Lipinski definition) is 2. The Labute approximate surface area is 214 Å². The lowest BCUT2D eigenvalue weighted by atomic mass is 10.2. The van der Waals surface area contributed by atoms with E-state index in [1.807, 2.05) is 0 Å². The zero-order chi connectivity index (χ0) is 26.6. The molecule has 0 atom stereocenters.